The van der Waals surface area contributed by atoms with Crippen LogP contribution < -0.4 is 15.8 Å². The fourth-order valence-corrected chi connectivity index (χ4v) is 1.41. The Hall–Kier alpha value is -1.59. The molecular formula is C12H18N2O3. The molecule has 0 bridgehead atoms. The lowest BCUT2D eigenvalue weighted by molar-refractivity contribution is -0.122. The summed E-state index contributed by atoms with van der Waals surface area (Å²) >= 11 is 0. The summed E-state index contributed by atoms with van der Waals surface area (Å²) in [5.41, 5.74) is 6.04. The van der Waals surface area contributed by atoms with Gasteiger partial charge in [-0.3, -0.25) is 4.79 Å². The Morgan fingerprint density at radius 3 is 2.76 bits per heavy atom. The largest absolute Gasteiger partial charge is 0.496 e. The number of nitrogens with two attached hydrogens (primary N) is 1. The zero-order chi connectivity index (χ0) is 12.8. The van der Waals surface area contributed by atoms with E-state index in [4.69, 9.17) is 10.5 Å². The number of aliphatic hydroxyl groups excluding tert-OH is 1. The molecule has 0 aliphatic carbocycles. The van der Waals surface area contributed by atoms with Gasteiger partial charge in [0.05, 0.1) is 19.3 Å². The number of ether oxygens (including phenoxy) is 1. The zero-order valence-electron chi connectivity index (χ0n) is 10.0. The highest BCUT2D eigenvalue weighted by molar-refractivity contribution is 5.80. The number of carbonyl (C=O) groups excluding carboxylic acids is 1. The van der Waals surface area contributed by atoms with Crippen LogP contribution in [-0.4, -0.2) is 30.7 Å². The van der Waals surface area contributed by atoms with Crippen molar-refractivity contribution in [2.24, 2.45) is 5.73 Å². The highest BCUT2D eigenvalue weighted by atomic mass is 16.5. The van der Waals surface area contributed by atoms with Crippen molar-refractivity contribution in [3.63, 3.8) is 0 Å². The van der Waals surface area contributed by atoms with E-state index < -0.39 is 12.1 Å². The van der Waals surface area contributed by atoms with E-state index >= 15 is 0 Å². The second kappa shape index (κ2) is 6.22. The number of aliphatic hydroxyl groups is 1. The van der Waals surface area contributed by atoms with Gasteiger partial charge in [0.15, 0.2) is 0 Å². The second-order valence-electron chi connectivity index (χ2n) is 3.79. The number of nitrogens with one attached hydrogen (secondary N) is 1. The van der Waals surface area contributed by atoms with Crippen molar-refractivity contribution in [3.05, 3.63) is 29.8 Å². The number of hydrogen-bond donors (Lipinski definition) is 3. The molecule has 2 atom stereocenters. The van der Waals surface area contributed by atoms with E-state index in [1.807, 2.05) is 6.07 Å². The summed E-state index contributed by atoms with van der Waals surface area (Å²) in [4.78, 5) is 11.3. The van der Waals surface area contributed by atoms with Crippen molar-refractivity contribution in [2.75, 3.05) is 13.7 Å². The Balaban J connectivity index is 2.63. The number of para-hydroxylation sites is 1. The number of carbonyl (C=O) groups is 1. The van der Waals surface area contributed by atoms with Gasteiger partial charge in [0.2, 0.25) is 5.91 Å². The molecule has 1 aromatic carbocycles. The van der Waals surface area contributed by atoms with E-state index in [0.717, 1.165) is 0 Å². The first-order chi connectivity index (χ1) is 8.06. The van der Waals surface area contributed by atoms with Crippen LogP contribution in [0.5, 0.6) is 5.75 Å². The van der Waals surface area contributed by atoms with E-state index in [2.05, 4.69) is 5.32 Å². The van der Waals surface area contributed by atoms with Crippen molar-refractivity contribution in [1.29, 1.82) is 0 Å². The average Bonchev–Trinajstić information content (AvgIpc) is 2.35. The molecule has 0 saturated heterocycles. The predicted octanol–water partition coefficient (Wildman–Crippen LogP) is 0.192. The molecule has 0 aromatic heterocycles. The van der Waals surface area contributed by atoms with Crippen molar-refractivity contribution < 1.29 is 14.6 Å². The monoisotopic (exact) mass is 238 g/mol. The van der Waals surface area contributed by atoms with Gasteiger partial charge in [-0.2, -0.15) is 0 Å². The van der Waals surface area contributed by atoms with Crippen LogP contribution in [0.1, 0.15) is 18.6 Å². The second-order valence-corrected chi connectivity index (χ2v) is 3.79. The minimum atomic E-state index is -0.811. The summed E-state index contributed by atoms with van der Waals surface area (Å²) < 4.78 is 5.12. The maximum atomic E-state index is 11.3. The van der Waals surface area contributed by atoms with E-state index in [1.165, 1.54) is 7.11 Å². The summed E-state index contributed by atoms with van der Waals surface area (Å²) in [6, 6.07) is 6.54. The Kier molecular flexibility index (Phi) is 4.93. The number of hydrogen-bond acceptors (Lipinski definition) is 4. The van der Waals surface area contributed by atoms with Crippen LogP contribution in [0.15, 0.2) is 24.3 Å². The smallest absolute Gasteiger partial charge is 0.236 e. The summed E-state index contributed by atoms with van der Waals surface area (Å²) in [6.07, 6.45) is -0.811. The van der Waals surface area contributed by atoms with E-state index in [9.17, 15) is 9.90 Å². The molecule has 5 nitrogen and oxygen atoms in total. The first-order valence-electron chi connectivity index (χ1n) is 5.40. The zero-order valence-corrected chi connectivity index (χ0v) is 10.0. The van der Waals surface area contributed by atoms with Crippen LogP contribution in [0, 0.1) is 0 Å². The molecule has 0 aliphatic rings. The Bertz CT molecular complexity index is 380. The first-order valence-corrected chi connectivity index (χ1v) is 5.40. The molecule has 0 saturated carbocycles. The third kappa shape index (κ3) is 3.72. The van der Waals surface area contributed by atoms with Crippen LogP contribution in [0.3, 0.4) is 0 Å². The number of rotatable bonds is 5. The van der Waals surface area contributed by atoms with Gasteiger partial charge >= 0.3 is 0 Å². The Labute approximate surface area is 101 Å². The van der Waals surface area contributed by atoms with Crippen LogP contribution in [-0.2, 0) is 4.79 Å². The maximum Gasteiger partial charge on any atom is 0.236 e. The van der Waals surface area contributed by atoms with Crippen molar-refractivity contribution in [1.82, 2.24) is 5.32 Å². The van der Waals surface area contributed by atoms with Gasteiger partial charge in [0.1, 0.15) is 5.75 Å². The van der Waals surface area contributed by atoms with Crippen molar-refractivity contribution >= 4 is 5.91 Å². The van der Waals surface area contributed by atoms with Crippen LogP contribution >= 0.6 is 0 Å². The van der Waals surface area contributed by atoms with Gasteiger partial charge in [-0.1, -0.05) is 18.2 Å². The molecule has 0 heterocycles. The molecule has 0 radical (unpaired) electrons. The molecule has 0 aliphatic heterocycles. The lowest BCUT2D eigenvalue weighted by Crippen LogP contribution is -2.40. The topological polar surface area (TPSA) is 84.6 Å². The molecular weight excluding hydrogens is 220 g/mol. The molecule has 1 unspecified atom stereocenters. The van der Waals surface area contributed by atoms with E-state index in [0.29, 0.717) is 11.3 Å². The highest BCUT2D eigenvalue weighted by Crippen LogP contribution is 2.23. The summed E-state index contributed by atoms with van der Waals surface area (Å²) in [6.45, 7) is 1.70. The molecule has 4 N–H and O–H groups in total. The number of benzene rings is 1. The first kappa shape index (κ1) is 13.5. The van der Waals surface area contributed by atoms with Gasteiger partial charge in [-0.15, -0.1) is 0 Å². The van der Waals surface area contributed by atoms with Crippen LogP contribution in [0.4, 0.5) is 0 Å². The Morgan fingerprint density at radius 2 is 2.18 bits per heavy atom. The molecule has 17 heavy (non-hydrogen) atoms. The standard InChI is InChI=1S/C12H18N2O3/c1-8(13)12(16)14-7-10(15)9-5-3-4-6-11(9)17-2/h3-6,8,10,15H,7,13H2,1-2H3,(H,14,16)/t8-,10?/m0/s1. The third-order valence-corrected chi connectivity index (χ3v) is 2.38. The minimum Gasteiger partial charge on any atom is -0.496 e. The quantitative estimate of drug-likeness (QED) is 0.683. The van der Waals surface area contributed by atoms with Crippen molar-refractivity contribution in [2.45, 2.75) is 19.1 Å². The minimum absolute atomic E-state index is 0.112. The van der Waals surface area contributed by atoms with Gasteiger partial charge < -0.3 is 20.9 Å². The number of amides is 1. The average molecular weight is 238 g/mol. The van der Waals surface area contributed by atoms with Gasteiger partial charge in [-0.05, 0) is 13.0 Å². The molecule has 1 amide bonds. The summed E-state index contributed by atoms with van der Waals surface area (Å²) in [5.74, 6) is 0.300. The maximum absolute atomic E-state index is 11.3. The fourth-order valence-electron chi connectivity index (χ4n) is 1.41. The van der Waals surface area contributed by atoms with E-state index in [-0.39, 0.29) is 12.5 Å². The van der Waals surface area contributed by atoms with Crippen LogP contribution in [0.2, 0.25) is 0 Å². The fraction of sp³-hybridized carbons (Fsp3) is 0.417. The molecule has 1 aromatic rings. The van der Waals surface area contributed by atoms with Gasteiger partial charge in [0, 0.05) is 12.1 Å². The normalized spacial score (nSPS) is 13.9. The molecule has 5 heteroatoms. The molecule has 0 spiro atoms. The molecule has 0 fully saturated rings. The SMILES string of the molecule is COc1ccccc1C(O)CNC(=O)[C@H](C)N. The number of methoxy groups -OCH3 is 1. The highest BCUT2D eigenvalue weighted by Gasteiger charge is 2.14. The lowest BCUT2D eigenvalue weighted by Gasteiger charge is -2.16. The Morgan fingerprint density at radius 1 is 1.53 bits per heavy atom. The van der Waals surface area contributed by atoms with Crippen LogP contribution in [0.25, 0.3) is 0 Å². The predicted molar refractivity (Wildman–Crippen MR) is 64.6 cm³/mol. The van der Waals surface area contributed by atoms with E-state index in [1.54, 1.807) is 25.1 Å². The molecule has 94 valence electrons. The van der Waals surface area contributed by atoms with Gasteiger partial charge in [-0.25, -0.2) is 0 Å². The van der Waals surface area contributed by atoms with Crippen molar-refractivity contribution in [3.8, 4) is 5.75 Å². The molecule has 1 rings (SSSR count). The van der Waals surface area contributed by atoms with Gasteiger partial charge in [0.25, 0.3) is 0 Å². The summed E-state index contributed by atoms with van der Waals surface area (Å²) in [5, 5.41) is 12.5. The third-order valence-electron chi connectivity index (χ3n) is 2.38. The summed E-state index contributed by atoms with van der Waals surface area (Å²) in [7, 11) is 1.53. The lowest BCUT2D eigenvalue weighted by atomic mass is 10.1.